The first-order chi connectivity index (χ1) is 5.20. The van der Waals surface area contributed by atoms with Gasteiger partial charge in [0.25, 0.3) is 0 Å². The van der Waals surface area contributed by atoms with Crippen LogP contribution in [0.4, 0.5) is 0 Å². The second kappa shape index (κ2) is 5.41. The van der Waals surface area contributed by atoms with Crippen LogP contribution in [0.3, 0.4) is 0 Å². The lowest BCUT2D eigenvalue weighted by Gasteiger charge is -1.95. The first-order valence-corrected chi connectivity index (χ1v) is 3.11. The van der Waals surface area contributed by atoms with Crippen LogP contribution in [0.15, 0.2) is 41.4 Å². The maximum absolute atomic E-state index is 9.76. The Morgan fingerprint density at radius 3 is 2.55 bits per heavy atom. The average Bonchev–Trinajstić information content (AvgIpc) is 1.97. The van der Waals surface area contributed by atoms with Gasteiger partial charge in [0.1, 0.15) is 12.0 Å². The van der Waals surface area contributed by atoms with Crippen LogP contribution in [0, 0.1) is 4.91 Å². The topological polar surface area (TPSA) is 38.7 Å². The molecule has 0 atom stereocenters. The van der Waals surface area contributed by atoms with E-state index in [0.717, 1.165) is 11.8 Å². The predicted octanol–water partition coefficient (Wildman–Crippen LogP) is 2.37. The normalized spacial score (nSPS) is 11.6. The van der Waals surface area contributed by atoms with Crippen LogP contribution in [0.2, 0.25) is 0 Å². The number of ether oxygens (including phenoxy) is 1. The molecule has 0 heterocycles. The maximum Gasteiger partial charge on any atom is 0.140 e. The summed E-state index contributed by atoms with van der Waals surface area (Å²) in [6.45, 7) is 5.49. The molecule has 0 spiro atoms. The van der Waals surface area contributed by atoms with Gasteiger partial charge in [0.2, 0.25) is 0 Å². The van der Waals surface area contributed by atoms with Crippen molar-refractivity contribution in [1.29, 1.82) is 0 Å². The van der Waals surface area contributed by atoms with Gasteiger partial charge in [-0.1, -0.05) is 18.2 Å². The van der Waals surface area contributed by atoms with E-state index in [4.69, 9.17) is 4.74 Å². The molecular weight excluding hydrogens is 142 g/mol. The molecule has 0 fully saturated rings. The molecule has 0 aliphatic heterocycles. The molecule has 0 aromatic rings. The van der Waals surface area contributed by atoms with E-state index in [1.54, 1.807) is 12.2 Å². The molecule has 0 aliphatic rings. The molecule has 0 unspecified atom stereocenters. The Bertz CT molecular complexity index is 204. The molecule has 0 aromatic carbocycles. The largest absolute Gasteiger partial charge is 0.495 e. The minimum absolute atomic E-state index is 0.419. The van der Waals surface area contributed by atoms with Crippen LogP contribution < -0.4 is 0 Å². The Kier molecular flexibility index (Phi) is 4.73. The van der Waals surface area contributed by atoms with Crippen molar-refractivity contribution in [3.63, 3.8) is 0 Å². The zero-order valence-corrected chi connectivity index (χ0v) is 6.70. The summed E-state index contributed by atoms with van der Waals surface area (Å²) in [4.78, 5) is 9.76. The molecule has 11 heavy (non-hydrogen) atoms. The first kappa shape index (κ1) is 9.62. The highest BCUT2D eigenvalue weighted by molar-refractivity contribution is 5.20. The van der Waals surface area contributed by atoms with E-state index in [1.807, 2.05) is 6.92 Å². The number of hydrogen-bond acceptors (Lipinski definition) is 3. The van der Waals surface area contributed by atoms with E-state index in [-0.39, 0.29) is 0 Å². The predicted molar refractivity (Wildman–Crippen MR) is 44.8 cm³/mol. The van der Waals surface area contributed by atoms with E-state index in [2.05, 4.69) is 11.8 Å². The molecule has 3 nitrogen and oxygen atoms in total. The fourth-order valence-corrected chi connectivity index (χ4v) is 0.440. The standard InChI is InChI=1S/C8H11NO2/c1-7(2)4-5-8(11-3)6-9-10/h4-6H,1H2,2-3H3/b5-4-,8-6+. The molecule has 0 aromatic heterocycles. The smallest absolute Gasteiger partial charge is 0.140 e. The highest BCUT2D eigenvalue weighted by Gasteiger charge is 1.86. The van der Waals surface area contributed by atoms with Crippen molar-refractivity contribution in [1.82, 2.24) is 0 Å². The molecule has 60 valence electrons. The van der Waals surface area contributed by atoms with Crippen LogP contribution in [-0.4, -0.2) is 7.11 Å². The summed E-state index contributed by atoms with van der Waals surface area (Å²) in [5.74, 6) is 0.419. The molecule has 0 saturated heterocycles. The van der Waals surface area contributed by atoms with Crippen LogP contribution in [0.1, 0.15) is 6.92 Å². The van der Waals surface area contributed by atoms with Gasteiger partial charge in [-0.25, -0.2) is 0 Å². The molecule has 0 saturated carbocycles. The van der Waals surface area contributed by atoms with E-state index in [1.165, 1.54) is 7.11 Å². The van der Waals surface area contributed by atoms with Gasteiger partial charge in [-0.15, -0.1) is 4.91 Å². The Balaban J connectivity index is 4.18. The molecule has 0 aliphatic carbocycles. The Morgan fingerprint density at radius 1 is 1.55 bits per heavy atom. The minimum Gasteiger partial charge on any atom is -0.495 e. The molecular formula is C8H11NO2. The van der Waals surface area contributed by atoms with Gasteiger partial charge in [0.15, 0.2) is 0 Å². The van der Waals surface area contributed by atoms with Crippen LogP contribution in [0.25, 0.3) is 0 Å². The summed E-state index contributed by atoms with van der Waals surface area (Å²) in [6, 6.07) is 0. The summed E-state index contributed by atoms with van der Waals surface area (Å²) in [5.41, 5.74) is 0.888. The first-order valence-electron chi connectivity index (χ1n) is 3.11. The van der Waals surface area contributed by atoms with Crippen LogP contribution in [0.5, 0.6) is 0 Å². The summed E-state index contributed by atoms with van der Waals surface area (Å²) < 4.78 is 4.78. The number of nitrogens with zero attached hydrogens (tertiary/aromatic N) is 1. The van der Waals surface area contributed by atoms with E-state index < -0.39 is 0 Å². The van der Waals surface area contributed by atoms with Gasteiger partial charge >= 0.3 is 0 Å². The lowest BCUT2D eigenvalue weighted by Crippen LogP contribution is -1.79. The van der Waals surface area contributed by atoms with Crippen molar-refractivity contribution in [3.8, 4) is 0 Å². The van der Waals surface area contributed by atoms with Crippen molar-refractivity contribution >= 4 is 0 Å². The highest BCUT2D eigenvalue weighted by Crippen LogP contribution is 2.00. The molecule has 0 rings (SSSR count). The van der Waals surface area contributed by atoms with E-state index in [9.17, 15) is 4.91 Å². The van der Waals surface area contributed by atoms with Gasteiger partial charge in [0.05, 0.1) is 7.11 Å². The summed E-state index contributed by atoms with van der Waals surface area (Å²) in [7, 11) is 1.47. The van der Waals surface area contributed by atoms with Gasteiger partial charge in [-0.3, -0.25) is 0 Å². The Hall–Kier alpha value is -1.38. The monoisotopic (exact) mass is 153 g/mol. The number of allylic oxidation sites excluding steroid dienone is 3. The minimum atomic E-state index is 0.419. The van der Waals surface area contributed by atoms with E-state index in [0.29, 0.717) is 5.76 Å². The highest BCUT2D eigenvalue weighted by atomic mass is 16.5. The van der Waals surface area contributed by atoms with Crippen molar-refractivity contribution in [2.24, 2.45) is 5.18 Å². The Morgan fingerprint density at radius 2 is 2.18 bits per heavy atom. The molecule has 0 radical (unpaired) electrons. The summed E-state index contributed by atoms with van der Waals surface area (Å²) in [5, 5.41) is 2.57. The second-order valence-corrected chi connectivity index (χ2v) is 2.02. The number of methoxy groups -OCH3 is 1. The second-order valence-electron chi connectivity index (χ2n) is 2.02. The maximum atomic E-state index is 9.76. The molecule has 0 bridgehead atoms. The quantitative estimate of drug-likeness (QED) is 0.353. The number of rotatable bonds is 4. The zero-order chi connectivity index (χ0) is 8.69. The Labute approximate surface area is 66.0 Å². The lowest BCUT2D eigenvalue weighted by atomic mass is 10.3. The van der Waals surface area contributed by atoms with Gasteiger partial charge in [-0.05, 0) is 18.2 Å². The third-order valence-electron chi connectivity index (χ3n) is 0.948. The molecule has 3 heteroatoms. The van der Waals surface area contributed by atoms with Crippen molar-refractivity contribution in [3.05, 3.63) is 41.2 Å². The van der Waals surface area contributed by atoms with Gasteiger partial charge < -0.3 is 4.74 Å². The average molecular weight is 153 g/mol. The SMILES string of the molecule is C=C(C)/C=C\C(=C/N=O)OC. The van der Waals surface area contributed by atoms with Crippen molar-refractivity contribution in [2.45, 2.75) is 6.92 Å². The van der Waals surface area contributed by atoms with Crippen LogP contribution in [-0.2, 0) is 4.74 Å². The fourth-order valence-electron chi connectivity index (χ4n) is 0.440. The van der Waals surface area contributed by atoms with Gasteiger partial charge in [0, 0.05) is 0 Å². The zero-order valence-electron chi connectivity index (χ0n) is 6.70. The third-order valence-corrected chi connectivity index (χ3v) is 0.948. The molecule has 0 N–H and O–H groups in total. The van der Waals surface area contributed by atoms with Crippen molar-refractivity contribution in [2.75, 3.05) is 7.11 Å². The fraction of sp³-hybridized carbons (Fsp3) is 0.250. The lowest BCUT2D eigenvalue weighted by molar-refractivity contribution is 0.306. The van der Waals surface area contributed by atoms with E-state index >= 15 is 0 Å². The van der Waals surface area contributed by atoms with Crippen molar-refractivity contribution < 1.29 is 4.74 Å². The number of hydrogen-bond donors (Lipinski definition) is 0. The number of nitroso groups, excluding NO2 is 1. The third kappa shape index (κ3) is 5.08. The van der Waals surface area contributed by atoms with Crippen LogP contribution >= 0.6 is 0 Å². The molecule has 0 amide bonds. The summed E-state index contributed by atoms with van der Waals surface area (Å²) >= 11 is 0. The van der Waals surface area contributed by atoms with Gasteiger partial charge in [-0.2, -0.15) is 0 Å². The summed E-state index contributed by atoms with van der Waals surface area (Å²) in [6.07, 6.45) is 4.46.